The first-order valence-corrected chi connectivity index (χ1v) is 12.5. The average molecular weight is 506 g/mol. The summed E-state index contributed by atoms with van der Waals surface area (Å²) in [5, 5.41) is 15.8. The molecule has 4 rings (SSSR count). The van der Waals surface area contributed by atoms with Crippen LogP contribution in [0.1, 0.15) is 16.7 Å². The number of rotatable bonds is 8. The summed E-state index contributed by atoms with van der Waals surface area (Å²) < 4.78 is 41.9. The molecule has 184 valence electrons. The number of nitrogens with one attached hydrogen (secondary N) is 1. The van der Waals surface area contributed by atoms with E-state index in [9.17, 15) is 22.7 Å². The van der Waals surface area contributed by atoms with Gasteiger partial charge in [-0.25, -0.2) is 18.2 Å². The minimum Gasteiger partial charge on any atom is -0.507 e. The van der Waals surface area contributed by atoms with Gasteiger partial charge >= 0.3 is 0 Å². The number of benzene rings is 4. The zero-order chi connectivity index (χ0) is 25.7. The topological polar surface area (TPSA) is 99.1 Å². The van der Waals surface area contributed by atoms with Crippen LogP contribution in [-0.2, 0) is 21.4 Å². The number of nitrogens with zero attached hydrogens (tertiary/aromatic N) is 2. The lowest BCUT2D eigenvalue weighted by molar-refractivity contribution is -0.121. The summed E-state index contributed by atoms with van der Waals surface area (Å²) >= 11 is 0. The molecule has 0 saturated heterocycles. The van der Waals surface area contributed by atoms with Crippen LogP contribution in [0.15, 0.2) is 94.9 Å². The summed E-state index contributed by atoms with van der Waals surface area (Å²) in [6, 6.07) is 22.6. The Hall–Kier alpha value is -4.08. The van der Waals surface area contributed by atoms with Crippen LogP contribution >= 0.6 is 0 Å². The number of hydrazone groups is 1. The molecule has 0 unspecified atom stereocenters. The summed E-state index contributed by atoms with van der Waals surface area (Å²) in [4.78, 5) is 12.7. The van der Waals surface area contributed by atoms with Crippen LogP contribution in [0.2, 0.25) is 0 Å². The lowest BCUT2D eigenvalue weighted by Gasteiger charge is -2.22. The number of aromatic hydroxyl groups is 1. The first-order chi connectivity index (χ1) is 17.3. The summed E-state index contributed by atoms with van der Waals surface area (Å²) in [7, 11) is -4.13. The quantitative estimate of drug-likeness (QED) is 0.275. The van der Waals surface area contributed by atoms with Crippen molar-refractivity contribution < 1.29 is 22.7 Å². The molecule has 0 spiro atoms. The van der Waals surface area contributed by atoms with E-state index in [1.54, 1.807) is 24.3 Å². The highest BCUT2D eigenvalue weighted by atomic mass is 32.2. The fraction of sp³-hybridized carbons (Fsp3) is 0.111. The first-order valence-electron chi connectivity index (χ1n) is 11.1. The Morgan fingerprint density at radius 2 is 1.69 bits per heavy atom. The molecule has 0 aliphatic heterocycles. The number of phenolic OH excluding ortho intramolecular Hbond substituents is 1. The number of sulfonamides is 1. The van der Waals surface area contributed by atoms with Gasteiger partial charge in [0, 0.05) is 17.7 Å². The molecule has 9 heteroatoms. The number of phenols is 1. The second kappa shape index (κ2) is 10.7. The molecule has 0 bridgehead atoms. The van der Waals surface area contributed by atoms with E-state index in [0.717, 1.165) is 20.6 Å². The molecule has 0 aliphatic carbocycles. The maximum Gasteiger partial charge on any atom is 0.255 e. The Kier molecular flexibility index (Phi) is 7.42. The molecular formula is C27H24FN3O4S. The van der Waals surface area contributed by atoms with Crippen molar-refractivity contribution in [2.45, 2.75) is 18.4 Å². The van der Waals surface area contributed by atoms with Gasteiger partial charge in [0.05, 0.1) is 17.7 Å². The van der Waals surface area contributed by atoms with Gasteiger partial charge in [0.15, 0.2) is 0 Å². The summed E-state index contributed by atoms with van der Waals surface area (Å²) in [6.45, 7) is 0.889. The van der Waals surface area contributed by atoms with Gasteiger partial charge in [0.1, 0.15) is 11.6 Å². The van der Waals surface area contributed by atoms with Gasteiger partial charge in [-0.2, -0.15) is 9.41 Å². The number of amides is 1. The predicted molar refractivity (Wildman–Crippen MR) is 137 cm³/mol. The summed E-state index contributed by atoms with van der Waals surface area (Å²) in [5.41, 5.74) is 3.72. The van der Waals surface area contributed by atoms with Crippen LogP contribution in [0.25, 0.3) is 10.8 Å². The molecule has 36 heavy (non-hydrogen) atoms. The van der Waals surface area contributed by atoms with Gasteiger partial charge in [0.2, 0.25) is 10.0 Å². The SMILES string of the molecule is Cc1ccc(S(=O)(=O)N(CC(=O)N/N=C\c2c(O)ccc3ccccc23)Cc2ccccc2F)cc1. The molecule has 0 aliphatic rings. The van der Waals surface area contributed by atoms with E-state index in [1.807, 2.05) is 31.2 Å². The minimum absolute atomic E-state index is 0.0126. The van der Waals surface area contributed by atoms with Crippen LogP contribution in [0.5, 0.6) is 5.75 Å². The zero-order valence-corrected chi connectivity index (χ0v) is 20.2. The Morgan fingerprint density at radius 3 is 2.44 bits per heavy atom. The molecule has 4 aromatic carbocycles. The van der Waals surface area contributed by atoms with Crippen molar-refractivity contribution in [3.8, 4) is 5.75 Å². The van der Waals surface area contributed by atoms with Gasteiger partial charge in [-0.15, -0.1) is 0 Å². The molecule has 0 heterocycles. The van der Waals surface area contributed by atoms with Crippen molar-refractivity contribution >= 4 is 32.9 Å². The minimum atomic E-state index is -4.13. The van der Waals surface area contributed by atoms with Crippen molar-refractivity contribution in [2.24, 2.45) is 5.10 Å². The molecule has 0 atom stereocenters. The third-order valence-corrected chi connectivity index (χ3v) is 7.42. The largest absolute Gasteiger partial charge is 0.507 e. The molecular weight excluding hydrogens is 481 g/mol. The second-order valence-corrected chi connectivity index (χ2v) is 10.1. The van der Waals surface area contributed by atoms with E-state index in [4.69, 9.17) is 0 Å². The van der Waals surface area contributed by atoms with E-state index in [-0.39, 0.29) is 22.8 Å². The highest BCUT2D eigenvalue weighted by Crippen LogP contribution is 2.25. The van der Waals surface area contributed by atoms with Gasteiger partial charge < -0.3 is 5.11 Å². The van der Waals surface area contributed by atoms with Crippen LogP contribution in [0.4, 0.5) is 4.39 Å². The standard InChI is InChI=1S/C27H24FN3O4S/c1-19-10-13-22(14-11-19)36(34,35)31(17-21-7-3-5-9-25(21)28)18-27(33)30-29-16-24-23-8-4-2-6-20(23)12-15-26(24)32/h2-16,32H,17-18H2,1H3,(H,30,33)/b29-16-. The number of carbonyl (C=O) groups excluding carboxylic acids is 1. The molecule has 0 radical (unpaired) electrons. The molecule has 0 saturated carbocycles. The van der Waals surface area contributed by atoms with Crippen LogP contribution in [-0.4, -0.2) is 36.5 Å². The number of carbonyl (C=O) groups is 1. The Labute approximate surface area is 208 Å². The maximum absolute atomic E-state index is 14.3. The molecule has 2 N–H and O–H groups in total. The highest BCUT2D eigenvalue weighted by Gasteiger charge is 2.27. The van der Waals surface area contributed by atoms with E-state index in [2.05, 4.69) is 10.5 Å². The number of hydrogen-bond acceptors (Lipinski definition) is 5. The van der Waals surface area contributed by atoms with E-state index in [1.165, 1.54) is 42.6 Å². The molecule has 1 amide bonds. The fourth-order valence-electron chi connectivity index (χ4n) is 3.69. The van der Waals surface area contributed by atoms with E-state index in [0.29, 0.717) is 5.56 Å². The van der Waals surface area contributed by atoms with Crippen LogP contribution in [0.3, 0.4) is 0 Å². The van der Waals surface area contributed by atoms with Gasteiger partial charge in [-0.3, -0.25) is 4.79 Å². The van der Waals surface area contributed by atoms with E-state index < -0.39 is 28.3 Å². The van der Waals surface area contributed by atoms with Crippen LogP contribution in [0, 0.1) is 12.7 Å². The van der Waals surface area contributed by atoms with E-state index >= 15 is 0 Å². The Bertz CT molecular complexity index is 1540. The number of aryl methyl sites for hydroxylation is 1. The van der Waals surface area contributed by atoms with Crippen molar-refractivity contribution in [1.82, 2.24) is 9.73 Å². The Balaban J connectivity index is 1.57. The number of hydrogen-bond donors (Lipinski definition) is 2. The lowest BCUT2D eigenvalue weighted by atomic mass is 10.0. The normalized spacial score (nSPS) is 11.9. The third kappa shape index (κ3) is 5.59. The fourth-order valence-corrected chi connectivity index (χ4v) is 5.06. The molecule has 0 aromatic heterocycles. The average Bonchev–Trinajstić information content (AvgIpc) is 2.86. The number of halogens is 1. The summed E-state index contributed by atoms with van der Waals surface area (Å²) in [5.74, 6) is -1.32. The zero-order valence-electron chi connectivity index (χ0n) is 19.4. The highest BCUT2D eigenvalue weighted by molar-refractivity contribution is 7.89. The molecule has 0 fully saturated rings. The molecule has 7 nitrogen and oxygen atoms in total. The van der Waals surface area contributed by atoms with Gasteiger partial charge in [-0.1, -0.05) is 66.2 Å². The van der Waals surface area contributed by atoms with Gasteiger partial charge in [-0.05, 0) is 42.0 Å². The van der Waals surface area contributed by atoms with Crippen molar-refractivity contribution in [1.29, 1.82) is 0 Å². The lowest BCUT2D eigenvalue weighted by Crippen LogP contribution is -2.39. The van der Waals surface area contributed by atoms with Crippen LogP contribution < -0.4 is 5.43 Å². The first kappa shape index (κ1) is 25.0. The predicted octanol–water partition coefficient (Wildman–Crippen LogP) is 4.33. The second-order valence-electron chi connectivity index (χ2n) is 8.19. The van der Waals surface area contributed by atoms with Gasteiger partial charge in [0.25, 0.3) is 5.91 Å². The monoisotopic (exact) mass is 505 g/mol. The number of fused-ring (bicyclic) bond motifs is 1. The van der Waals surface area contributed by atoms with Crippen molar-refractivity contribution in [2.75, 3.05) is 6.54 Å². The third-order valence-electron chi connectivity index (χ3n) is 5.61. The summed E-state index contributed by atoms with van der Waals surface area (Å²) in [6.07, 6.45) is 1.30. The van der Waals surface area contributed by atoms with Crippen molar-refractivity contribution in [3.05, 3.63) is 107 Å². The smallest absolute Gasteiger partial charge is 0.255 e. The Morgan fingerprint density at radius 1 is 1.00 bits per heavy atom. The molecule has 4 aromatic rings. The van der Waals surface area contributed by atoms with Crippen molar-refractivity contribution in [3.63, 3.8) is 0 Å². The maximum atomic E-state index is 14.3.